The van der Waals surface area contributed by atoms with E-state index < -0.39 is 0 Å². The Labute approximate surface area is 108 Å². The molecule has 100 valence electrons. The van der Waals surface area contributed by atoms with Crippen LogP contribution in [0.5, 0.6) is 0 Å². The van der Waals surface area contributed by atoms with Crippen LogP contribution in [0.1, 0.15) is 31.4 Å². The molecule has 0 aliphatic heterocycles. The van der Waals surface area contributed by atoms with Crippen LogP contribution in [0.3, 0.4) is 0 Å². The van der Waals surface area contributed by atoms with Crippen LogP contribution in [0, 0.1) is 12.7 Å². The average Bonchev–Trinajstić information content (AvgIpc) is 2.30. The van der Waals surface area contributed by atoms with Crippen molar-refractivity contribution >= 4 is 5.91 Å². The molecule has 4 heteroatoms. The first-order chi connectivity index (χ1) is 8.34. The molecule has 0 unspecified atom stereocenters. The van der Waals surface area contributed by atoms with E-state index in [0.29, 0.717) is 24.9 Å². The maximum atomic E-state index is 13.1. The topological polar surface area (TPSA) is 55.1 Å². The number of amides is 1. The molecule has 0 saturated carbocycles. The van der Waals surface area contributed by atoms with Gasteiger partial charge in [0.1, 0.15) is 5.82 Å². The van der Waals surface area contributed by atoms with E-state index in [1.807, 2.05) is 13.8 Å². The summed E-state index contributed by atoms with van der Waals surface area (Å²) in [5.74, 6) is -0.250. The van der Waals surface area contributed by atoms with E-state index in [9.17, 15) is 9.18 Å². The van der Waals surface area contributed by atoms with Gasteiger partial charge in [-0.15, -0.1) is 0 Å². The van der Waals surface area contributed by atoms with Gasteiger partial charge in [-0.25, -0.2) is 4.39 Å². The molecule has 1 amide bonds. The van der Waals surface area contributed by atoms with E-state index in [2.05, 4.69) is 5.32 Å². The van der Waals surface area contributed by atoms with E-state index in [1.54, 1.807) is 19.1 Å². The minimum Gasteiger partial charge on any atom is -0.350 e. The van der Waals surface area contributed by atoms with Crippen molar-refractivity contribution in [1.82, 2.24) is 5.32 Å². The minimum absolute atomic E-state index is 0.0348. The van der Waals surface area contributed by atoms with Crippen molar-refractivity contribution in [2.24, 2.45) is 5.73 Å². The first-order valence-electron chi connectivity index (χ1n) is 6.10. The largest absolute Gasteiger partial charge is 0.350 e. The number of hydrogen-bond donors (Lipinski definition) is 2. The number of aryl methyl sites for hydroxylation is 2. The third kappa shape index (κ3) is 4.45. The first-order valence-corrected chi connectivity index (χ1v) is 6.10. The second-order valence-electron chi connectivity index (χ2n) is 5.22. The third-order valence-electron chi connectivity index (χ3n) is 2.85. The molecule has 1 aromatic rings. The Balaban J connectivity index is 2.50. The lowest BCUT2D eigenvalue weighted by atomic mass is 10.0. The molecular weight excluding hydrogens is 231 g/mol. The van der Waals surface area contributed by atoms with E-state index in [0.717, 1.165) is 5.56 Å². The standard InChI is InChI=1S/C14H21FN2O/c1-10-8-11(4-6-12(10)15)5-7-13(18)17-14(2,3)9-16/h4,6,8H,5,7,9,16H2,1-3H3,(H,17,18). The van der Waals surface area contributed by atoms with Crippen LogP contribution < -0.4 is 11.1 Å². The highest BCUT2D eigenvalue weighted by Crippen LogP contribution is 2.11. The Morgan fingerprint density at radius 3 is 2.67 bits per heavy atom. The number of halogens is 1. The quantitative estimate of drug-likeness (QED) is 0.841. The molecule has 0 saturated heterocycles. The Bertz CT molecular complexity index is 430. The predicted molar refractivity (Wildman–Crippen MR) is 70.7 cm³/mol. The number of carbonyl (C=O) groups excluding carboxylic acids is 1. The highest BCUT2D eigenvalue weighted by molar-refractivity contribution is 5.77. The van der Waals surface area contributed by atoms with E-state index in [1.165, 1.54) is 6.07 Å². The van der Waals surface area contributed by atoms with Crippen LogP contribution in [0.2, 0.25) is 0 Å². The lowest BCUT2D eigenvalue weighted by Crippen LogP contribution is -2.48. The summed E-state index contributed by atoms with van der Waals surface area (Å²) in [4.78, 5) is 11.7. The third-order valence-corrected chi connectivity index (χ3v) is 2.85. The highest BCUT2D eigenvalue weighted by Gasteiger charge is 2.17. The number of carbonyl (C=O) groups is 1. The predicted octanol–water partition coefficient (Wildman–Crippen LogP) is 1.92. The van der Waals surface area contributed by atoms with Gasteiger partial charge in [-0.05, 0) is 44.4 Å². The summed E-state index contributed by atoms with van der Waals surface area (Å²) in [7, 11) is 0. The Hall–Kier alpha value is -1.42. The second kappa shape index (κ2) is 5.96. The monoisotopic (exact) mass is 252 g/mol. The van der Waals surface area contributed by atoms with Crippen molar-refractivity contribution in [2.75, 3.05) is 6.54 Å². The molecule has 1 aromatic carbocycles. The maximum absolute atomic E-state index is 13.1. The number of nitrogens with one attached hydrogen (secondary N) is 1. The van der Waals surface area contributed by atoms with Crippen molar-refractivity contribution in [3.8, 4) is 0 Å². The van der Waals surface area contributed by atoms with Gasteiger partial charge in [0.05, 0.1) is 0 Å². The summed E-state index contributed by atoms with van der Waals surface area (Å²) >= 11 is 0. The lowest BCUT2D eigenvalue weighted by Gasteiger charge is -2.24. The van der Waals surface area contributed by atoms with Crippen molar-refractivity contribution in [3.05, 3.63) is 35.1 Å². The zero-order chi connectivity index (χ0) is 13.8. The normalized spacial score (nSPS) is 11.4. The summed E-state index contributed by atoms with van der Waals surface area (Å²) in [6.07, 6.45) is 0.988. The molecule has 0 aliphatic rings. The molecule has 3 N–H and O–H groups in total. The maximum Gasteiger partial charge on any atom is 0.220 e. The zero-order valence-corrected chi connectivity index (χ0v) is 11.2. The van der Waals surface area contributed by atoms with Crippen LogP contribution in [0.4, 0.5) is 4.39 Å². The van der Waals surface area contributed by atoms with Crippen molar-refractivity contribution in [3.63, 3.8) is 0 Å². The van der Waals surface area contributed by atoms with Gasteiger partial charge in [0.25, 0.3) is 0 Å². The van der Waals surface area contributed by atoms with Crippen molar-refractivity contribution in [2.45, 2.75) is 39.2 Å². The van der Waals surface area contributed by atoms with Crippen LogP contribution in [-0.2, 0) is 11.2 Å². The van der Waals surface area contributed by atoms with Gasteiger partial charge in [0.15, 0.2) is 0 Å². The van der Waals surface area contributed by atoms with Gasteiger partial charge in [-0.3, -0.25) is 4.79 Å². The Morgan fingerprint density at radius 1 is 1.44 bits per heavy atom. The molecule has 0 fully saturated rings. The summed E-state index contributed by atoms with van der Waals surface area (Å²) in [6.45, 7) is 5.88. The molecule has 0 aromatic heterocycles. The lowest BCUT2D eigenvalue weighted by molar-refractivity contribution is -0.122. The fraction of sp³-hybridized carbons (Fsp3) is 0.500. The SMILES string of the molecule is Cc1cc(CCC(=O)NC(C)(C)CN)ccc1F. The van der Waals surface area contributed by atoms with Crippen LogP contribution >= 0.6 is 0 Å². The molecule has 0 atom stereocenters. The molecule has 0 aliphatic carbocycles. The van der Waals surface area contributed by atoms with Gasteiger partial charge < -0.3 is 11.1 Å². The smallest absolute Gasteiger partial charge is 0.220 e. The van der Waals surface area contributed by atoms with E-state index >= 15 is 0 Å². The van der Waals surface area contributed by atoms with Crippen LogP contribution in [0.15, 0.2) is 18.2 Å². The molecule has 3 nitrogen and oxygen atoms in total. The number of nitrogens with two attached hydrogens (primary N) is 1. The fourth-order valence-corrected chi connectivity index (χ4v) is 1.61. The van der Waals surface area contributed by atoms with Crippen LogP contribution in [0.25, 0.3) is 0 Å². The number of rotatable bonds is 5. The van der Waals surface area contributed by atoms with Crippen molar-refractivity contribution in [1.29, 1.82) is 0 Å². The fourth-order valence-electron chi connectivity index (χ4n) is 1.61. The molecule has 0 bridgehead atoms. The molecule has 1 rings (SSSR count). The van der Waals surface area contributed by atoms with Gasteiger partial charge in [-0.2, -0.15) is 0 Å². The van der Waals surface area contributed by atoms with Crippen molar-refractivity contribution < 1.29 is 9.18 Å². The zero-order valence-electron chi connectivity index (χ0n) is 11.2. The van der Waals surface area contributed by atoms with Gasteiger partial charge in [0.2, 0.25) is 5.91 Å². The van der Waals surface area contributed by atoms with Gasteiger partial charge >= 0.3 is 0 Å². The number of hydrogen-bond acceptors (Lipinski definition) is 2. The van der Waals surface area contributed by atoms with Gasteiger partial charge in [-0.1, -0.05) is 12.1 Å². The van der Waals surface area contributed by atoms with Gasteiger partial charge in [0, 0.05) is 18.5 Å². The molecular formula is C14H21FN2O. The first kappa shape index (κ1) is 14.6. The molecule has 0 heterocycles. The summed E-state index contributed by atoms with van der Waals surface area (Å²) in [6, 6.07) is 4.92. The average molecular weight is 252 g/mol. The van der Waals surface area contributed by atoms with E-state index in [4.69, 9.17) is 5.73 Å². The highest BCUT2D eigenvalue weighted by atomic mass is 19.1. The Kier molecular flexibility index (Phi) is 4.84. The van der Waals surface area contributed by atoms with E-state index in [-0.39, 0.29) is 17.3 Å². The second-order valence-corrected chi connectivity index (χ2v) is 5.22. The Morgan fingerprint density at radius 2 is 2.11 bits per heavy atom. The molecule has 0 radical (unpaired) electrons. The summed E-state index contributed by atoms with van der Waals surface area (Å²) < 4.78 is 13.1. The summed E-state index contributed by atoms with van der Waals surface area (Å²) in [5.41, 5.74) is 6.74. The minimum atomic E-state index is -0.379. The number of benzene rings is 1. The molecule has 18 heavy (non-hydrogen) atoms. The van der Waals surface area contributed by atoms with Crippen LogP contribution in [-0.4, -0.2) is 18.0 Å². The molecule has 0 spiro atoms. The summed E-state index contributed by atoms with van der Waals surface area (Å²) in [5, 5.41) is 2.86.